The van der Waals surface area contributed by atoms with Crippen LogP contribution in [-0.2, 0) is 13.2 Å². The molecule has 0 aliphatic rings. The molecule has 0 atom stereocenters. The Bertz CT molecular complexity index is 1100. The van der Waals surface area contributed by atoms with E-state index in [1.165, 1.54) is 21.9 Å². The Balaban J connectivity index is 1.53. The monoisotopic (exact) mass is 431 g/mol. The Morgan fingerprint density at radius 2 is 1.68 bits per heavy atom. The predicted octanol–water partition coefficient (Wildman–Crippen LogP) is 7.10. The van der Waals surface area contributed by atoms with Crippen molar-refractivity contribution in [3.8, 4) is 5.75 Å². The van der Waals surface area contributed by atoms with Gasteiger partial charge in [-0.25, -0.2) is 0 Å². The van der Waals surface area contributed by atoms with Crippen LogP contribution in [0.5, 0.6) is 5.75 Å². The van der Waals surface area contributed by atoms with Crippen LogP contribution in [0.4, 0.5) is 5.69 Å². The first kappa shape index (κ1) is 18.6. The van der Waals surface area contributed by atoms with Crippen LogP contribution in [0.1, 0.15) is 16.7 Å². The number of anilines is 1. The number of fused-ring (bicyclic) bond motifs is 1. The van der Waals surface area contributed by atoms with Gasteiger partial charge < -0.3 is 10.1 Å². The molecule has 0 amide bonds. The molecule has 0 bridgehead atoms. The van der Waals surface area contributed by atoms with Crippen LogP contribution >= 0.6 is 15.9 Å². The summed E-state index contributed by atoms with van der Waals surface area (Å²) in [6.45, 7) is 3.35. The fourth-order valence-electron chi connectivity index (χ4n) is 3.36. The molecule has 0 aliphatic heterocycles. The van der Waals surface area contributed by atoms with Crippen molar-refractivity contribution in [3.05, 3.63) is 106 Å². The molecule has 4 rings (SSSR count). The Labute approximate surface area is 174 Å². The van der Waals surface area contributed by atoms with Gasteiger partial charge in [-0.3, -0.25) is 0 Å². The molecule has 1 N–H and O–H groups in total. The first-order valence-electron chi connectivity index (χ1n) is 9.37. The summed E-state index contributed by atoms with van der Waals surface area (Å²) < 4.78 is 7.19. The second-order valence-corrected chi connectivity index (χ2v) is 7.83. The second kappa shape index (κ2) is 8.49. The minimum Gasteiger partial charge on any atom is -0.489 e. The molecular formula is C25H22BrNO. The van der Waals surface area contributed by atoms with Gasteiger partial charge in [-0.15, -0.1) is 0 Å². The first-order chi connectivity index (χ1) is 13.7. The maximum absolute atomic E-state index is 6.15. The molecule has 3 heteroatoms. The molecule has 28 heavy (non-hydrogen) atoms. The number of rotatable bonds is 6. The van der Waals surface area contributed by atoms with Gasteiger partial charge in [0.25, 0.3) is 0 Å². The molecule has 4 aromatic rings. The van der Waals surface area contributed by atoms with Crippen molar-refractivity contribution in [2.24, 2.45) is 0 Å². The van der Waals surface area contributed by atoms with Crippen LogP contribution in [0.3, 0.4) is 0 Å². The Kier molecular flexibility index (Phi) is 5.63. The highest BCUT2D eigenvalue weighted by Gasteiger charge is 2.07. The van der Waals surface area contributed by atoms with E-state index in [1.54, 1.807) is 0 Å². The lowest BCUT2D eigenvalue weighted by molar-refractivity contribution is 0.303. The van der Waals surface area contributed by atoms with Crippen molar-refractivity contribution in [1.82, 2.24) is 0 Å². The van der Waals surface area contributed by atoms with E-state index < -0.39 is 0 Å². The summed E-state index contributed by atoms with van der Waals surface area (Å²) in [5.74, 6) is 0.900. The van der Waals surface area contributed by atoms with E-state index in [0.29, 0.717) is 13.2 Å². The molecule has 0 spiro atoms. The third-order valence-electron chi connectivity index (χ3n) is 4.76. The van der Waals surface area contributed by atoms with Crippen molar-refractivity contribution in [2.75, 3.05) is 5.32 Å². The average Bonchev–Trinajstić information content (AvgIpc) is 2.71. The lowest BCUT2D eigenvalue weighted by Crippen LogP contribution is -2.04. The van der Waals surface area contributed by atoms with Crippen molar-refractivity contribution in [3.63, 3.8) is 0 Å². The highest BCUT2D eigenvalue weighted by Crippen LogP contribution is 2.28. The Hall–Kier alpha value is -2.78. The van der Waals surface area contributed by atoms with E-state index in [4.69, 9.17) is 4.74 Å². The molecule has 0 saturated heterocycles. The van der Waals surface area contributed by atoms with E-state index in [-0.39, 0.29) is 0 Å². The standard InChI is InChI=1S/C25H22BrNO/c1-18-6-4-7-19(14-18)17-28-25-13-12-22(26)15-21(25)16-27-24-11-5-9-20-8-2-3-10-23(20)24/h2-15,27H,16-17H2,1H3. The predicted molar refractivity (Wildman–Crippen MR) is 121 cm³/mol. The average molecular weight is 432 g/mol. The molecule has 140 valence electrons. The van der Waals surface area contributed by atoms with Gasteiger partial charge in [0.05, 0.1) is 0 Å². The molecule has 0 radical (unpaired) electrons. The van der Waals surface area contributed by atoms with E-state index in [9.17, 15) is 0 Å². The van der Waals surface area contributed by atoms with Gasteiger partial charge in [0.2, 0.25) is 0 Å². The van der Waals surface area contributed by atoms with Crippen molar-refractivity contribution in [1.29, 1.82) is 0 Å². The highest BCUT2D eigenvalue weighted by atomic mass is 79.9. The van der Waals surface area contributed by atoms with E-state index in [1.807, 2.05) is 12.1 Å². The van der Waals surface area contributed by atoms with Crippen LogP contribution in [0.15, 0.2) is 89.4 Å². The normalized spacial score (nSPS) is 10.8. The van der Waals surface area contributed by atoms with Gasteiger partial charge in [-0.2, -0.15) is 0 Å². The molecule has 0 saturated carbocycles. The molecule has 0 aromatic heterocycles. The highest BCUT2D eigenvalue weighted by molar-refractivity contribution is 9.10. The summed E-state index contributed by atoms with van der Waals surface area (Å²) >= 11 is 3.58. The summed E-state index contributed by atoms with van der Waals surface area (Å²) in [7, 11) is 0. The maximum Gasteiger partial charge on any atom is 0.124 e. The van der Waals surface area contributed by atoms with Crippen LogP contribution in [0.2, 0.25) is 0 Å². The van der Waals surface area contributed by atoms with Gasteiger partial charge in [0, 0.05) is 27.7 Å². The Morgan fingerprint density at radius 1 is 0.857 bits per heavy atom. The number of hydrogen-bond acceptors (Lipinski definition) is 2. The molecular weight excluding hydrogens is 410 g/mol. The fraction of sp³-hybridized carbons (Fsp3) is 0.120. The molecule has 2 nitrogen and oxygen atoms in total. The largest absolute Gasteiger partial charge is 0.489 e. The lowest BCUT2D eigenvalue weighted by Gasteiger charge is -2.15. The van der Waals surface area contributed by atoms with E-state index in [2.05, 4.69) is 101 Å². The second-order valence-electron chi connectivity index (χ2n) is 6.91. The zero-order valence-corrected chi connectivity index (χ0v) is 17.4. The van der Waals surface area contributed by atoms with Crippen LogP contribution in [0, 0.1) is 6.92 Å². The number of benzene rings is 4. The molecule has 4 aromatic carbocycles. The van der Waals surface area contributed by atoms with Crippen LogP contribution < -0.4 is 10.1 Å². The van der Waals surface area contributed by atoms with E-state index in [0.717, 1.165) is 21.5 Å². The van der Waals surface area contributed by atoms with Crippen molar-refractivity contribution >= 4 is 32.4 Å². The van der Waals surface area contributed by atoms with Gasteiger partial charge in [0.1, 0.15) is 12.4 Å². The fourth-order valence-corrected chi connectivity index (χ4v) is 3.77. The summed E-state index contributed by atoms with van der Waals surface area (Å²) in [6, 6.07) is 29.3. The quantitative estimate of drug-likeness (QED) is 0.351. The smallest absolute Gasteiger partial charge is 0.124 e. The number of halogens is 1. The first-order valence-corrected chi connectivity index (χ1v) is 10.2. The zero-order chi connectivity index (χ0) is 19.3. The van der Waals surface area contributed by atoms with E-state index >= 15 is 0 Å². The van der Waals surface area contributed by atoms with Gasteiger partial charge >= 0.3 is 0 Å². The Morgan fingerprint density at radius 3 is 2.57 bits per heavy atom. The molecule has 0 heterocycles. The van der Waals surface area contributed by atoms with Gasteiger partial charge in [-0.05, 0) is 42.1 Å². The summed E-state index contributed by atoms with van der Waals surface area (Å²) in [5.41, 5.74) is 4.67. The number of hydrogen-bond donors (Lipinski definition) is 1. The molecule has 0 aliphatic carbocycles. The van der Waals surface area contributed by atoms with Gasteiger partial charge in [-0.1, -0.05) is 82.2 Å². The van der Waals surface area contributed by atoms with Crippen molar-refractivity contribution < 1.29 is 4.74 Å². The number of ether oxygens (including phenoxy) is 1. The van der Waals surface area contributed by atoms with Gasteiger partial charge in [0.15, 0.2) is 0 Å². The topological polar surface area (TPSA) is 21.3 Å². The summed E-state index contributed by atoms with van der Waals surface area (Å²) in [4.78, 5) is 0. The molecule has 0 fully saturated rings. The maximum atomic E-state index is 6.15. The number of nitrogens with one attached hydrogen (secondary N) is 1. The minimum atomic E-state index is 0.560. The van der Waals surface area contributed by atoms with Crippen molar-refractivity contribution in [2.45, 2.75) is 20.1 Å². The number of aryl methyl sites for hydroxylation is 1. The van der Waals surface area contributed by atoms with Crippen LogP contribution in [0.25, 0.3) is 10.8 Å². The lowest BCUT2D eigenvalue weighted by atomic mass is 10.1. The minimum absolute atomic E-state index is 0.560. The third kappa shape index (κ3) is 4.37. The van der Waals surface area contributed by atoms with Crippen LogP contribution in [-0.4, -0.2) is 0 Å². The SMILES string of the molecule is Cc1cccc(COc2ccc(Br)cc2CNc2cccc3ccccc23)c1. The summed E-state index contributed by atoms with van der Waals surface area (Å²) in [6.07, 6.45) is 0. The molecule has 0 unspecified atom stereocenters. The zero-order valence-electron chi connectivity index (χ0n) is 15.8. The summed E-state index contributed by atoms with van der Waals surface area (Å²) in [5, 5.41) is 6.04. The third-order valence-corrected chi connectivity index (χ3v) is 5.25.